The number of nitrogens with one attached hydrogen (secondary N) is 2. The first-order chi connectivity index (χ1) is 13.2. The number of aliphatic imine (C=N–C) groups is 1. The Morgan fingerprint density at radius 1 is 1.21 bits per heavy atom. The molecule has 0 fully saturated rings. The van der Waals surface area contributed by atoms with E-state index in [0.29, 0.717) is 0 Å². The molecular formula is C18H24IN5O4S. The maximum atomic E-state index is 11.6. The van der Waals surface area contributed by atoms with Gasteiger partial charge in [-0.3, -0.25) is 15.1 Å². The highest BCUT2D eigenvalue weighted by Crippen LogP contribution is 2.27. The topological polar surface area (TPSA) is 140 Å². The van der Waals surface area contributed by atoms with E-state index in [4.69, 9.17) is 5.73 Å². The van der Waals surface area contributed by atoms with Gasteiger partial charge in [-0.15, -0.1) is 24.0 Å². The Morgan fingerprint density at radius 3 is 2.41 bits per heavy atom. The Bertz CT molecular complexity index is 978. The SMILES string of the molecule is CCc1ccc(NC(N)=NCCNc2ccc(S(C)(=O)=O)cc2[N+](=O)[O-])cc1.I. The van der Waals surface area contributed by atoms with Crippen LogP contribution >= 0.6 is 24.0 Å². The molecule has 0 heterocycles. The lowest BCUT2D eigenvalue weighted by atomic mass is 10.1. The smallest absolute Gasteiger partial charge is 0.293 e. The van der Waals surface area contributed by atoms with Crippen LogP contribution in [0, 0.1) is 10.1 Å². The number of anilines is 2. The average Bonchev–Trinajstić information content (AvgIpc) is 2.65. The summed E-state index contributed by atoms with van der Waals surface area (Å²) in [6.45, 7) is 2.64. The molecule has 0 saturated heterocycles. The summed E-state index contributed by atoms with van der Waals surface area (Å²) in [7, 11) is -3.53. The number of halogens is 1. The number of rotatable bonds is 8. The fourth-order valence-electron chi connectivity index (χ4n) is 2.42. The summed E-state index contributed by atoms with van der Waals surface area (Å²) in [5, 5.41) is 17.1. The molecule has 9 nitrogen and oxygen atoms in total. The van der Waals surface area contributed by atoms with Crippen molar-refractivity contribution in [3.63, 3.8) is 0 Å². The maximum Gasteiger partial charge on any atom is 0.293 e. The number of benzene rings is 2. The van der Waals surface area contributed by atoms with Gasteiger partial charge >= 0.3 is 0 Å². The molecular weight excluding hydrogens is 509 g/mol. The predicted molar refractivity (Wildman–Crippen MR) is 126 cm³/mol. The van der Waals surface area contributed by atoms with Crippen LogP contribution in [0.1, 0.15) is 12.5 Å². The second-order valence-corrected chi connectivity index (χ2v) is 8.09. The van der Waals surface area contributed by atoms with Gasteiger partial charge in [0.2, 0.25) is 0 Å². The molecule has 11 heteroatoms. The molecule has 0 aliphatic heterocycles. The Labute approximate surface area is 186 Å². The summed E-state index contributed by atoms with van der Waals surface area (Å²) in [6.07, 6.45) is 1.95. The fourth-order valence-corrected chi connectivity index (χ4v) is 3.06. The van der Waals surface area contributed by atoms with Crippen molar-refractivity contribution in [1.29, 1.82) is 0 Å². The Hall–Kier alpha value is -2.41. The highest BCUT2D eigenvalue weighted by Gasteiger charge is 2.18. The van der Waals surface area contributed by atoms with E-state index in [1.54, 1.807) is 0 Å². The van der Waals surface area contributed by atoms with E-state index >= 15 is 0 Å². The number of guanidine groups is 1. The minimum Gasteiger partial charge on any atom is -0.378 e. The van der Waals surface area contributed by atoms with E-state index in [0.717, 1.165) is 24.4 Å². The first kappa shape index (κ1) is 24.6. The van der Waals surface area contributed by atoms with E-state index in [2.05, 4.69) is 22.5 Å². The Kier molecular flexibility index (Phi) is 9.30. The van der Waals surface area contributed by atoms with E-state index in [-0.39, 0.29) is 59.3 Å². The number of hydrogen-bond donors (Lipinski definition) is 3. The molecule has 0 bridgehead atoms. The number of sulfone groups is 1. The van der Waals surface area contributed by atoms with Gasteiger partial charge in [-0.1, -0.05) is 19.1 Å². The van der Waals surface area contributed by atoms with Crippen molar-refractivity contribution in [3.8, 4) is 0 Å². The van der Waals surface area contributed by atoms with Crippen LogP contribution in [0.2, 0.25) is 0 Å². The summed E-state index contributed by atoms with van der Waals surface area (Å²) < 4.78 is 23.1. The molecule has 0 amide bonds. The van der Waals surface area contributed by atoms with Crippen LogP contribution < -0.4 is 16.4 Å². The zero-order chi connectivity index (χ0) is 20.7. The van der Waals surface area contributed by atoms with Crippen LogP contribution in [-0.2, 0) is 16.3 Å². The Balaban J connectivity index is 0.00000420. The zero-order valence-corrected chi connectivity index (χ0v) is 19.2. The lowest BCUT2D eigenvalue weighted by molar-refractivity contribution is -0.384. The molecule has 4 N–H and O–H groups in total. The highest BCUT2D eigenvalue weighted by atomic mass is 127. The summed E-state index contributed by atoms with van der Waals surface area (Å²) in [6, 6.07) is 11.5. The van der Waals surface area contributed by atoms with E-state index in [1.807, 2.05) is 24.3 Å². The molecule has 2 aromatic rings. The minimum atomic E-state index is -3.53. The van der Waals surface area contributed by atoms with Crippen LogP contribution in [0.4, 0.5) is 17.1 Å². The second-order valence-electron chi connectivity index (χ2n) is 6.08. The van der Waals surface area contributed by atoms with E-state index in [9.17, 15) is 18.5 Å². The first-order valence-corrected chi connectivity index (χ1v) is 10.5. The lowest BCUT2D eigenvalue weighted by Gasteiger charge is -2.08. The molecule has 0 atom stereocenters. The molecule has 0 unspecified atom stereocenters. The Morgan fingerprint density at radius 2 is 1.86 bits per heavy atom. The van der Waals surface area contributed by atoms with Crippen molar-refractivity contribution in [2.24, 2.45) is 10.7 Å². The van der Waals surface area contributed by atoms with Gasteiger partial charge in [0, 0.05) is 24.6 Å². The summed E-state index contributed by atoms with van der Waals surface area (Å²) in [4.78, 5) is 14.6. The summed E-state index contributed by atoms with van der Waals surface area (Å²) in [5.74, 6) is 0.230. The van der Waals surface area contributed by atoms with Gasteiger partial charge in [-0.05, 0) is 36.2 Å². The summed E-state index contributed by atoms with van der Waals surface area (Å²) in [5.41, 5.74) is 7.78. The largest absolute Gasteiger partial charge is 0.378 e. The number of hydrogen-bond acceptors (Lipinski definition) is 6. The van der Waals surface area contributed by atoms with E-state index < -0.39 is 14.8 Å². The molecule has 29 heavy (non-hydrogen) atoms. The average molecular weight is 533 g/mol. The van der Waals surface area contributed by atoms with Gasteiger partial charge in [0.25, 0.3) is 5.69 Å². The number of nitro groups is 1. The van der Waals surface area contributed by atoms with Crippen molar-refractivity contribution in [1.82, 2.24) is 0 Å². The number of nitro benzene ring substituents is 1. The van der Waals surface area contributed by atoms with Gasteiger partial charge < -0.3 is 16.4 Å². The van der Waals surface area contributed by atoms with Crippen LogP contribution in [0.3, 0.4) is 0 Å². The van der Waals surface area contributed by atoms with Gasteiger partial charge in [-0.2, -0.15) is 0 Å². The quantitative estimate of drug-likeness (QED) is 0.118. The van der Waals surface area contributed by atoms with Crippen LogP contribution in [0.25, 0.3) is 0 Å². The molecule has 0 spiro atoms. The maximum absolute atomic E-state index is 11.6. The van der Waals surface area contributed by atoms with E-state index in [1.165, 1.54) is 17.7 Å². The first-order valence-electron chi connectivity index (χ1n) is 8.59. The molecule has 2 rings (SSSR count). The highest BCUT2D eigenvalue weighted by molar-refractivity contribution is 14.0. The predicted octanol–water partition coefficient (Wildman–Crippen LogP) is 3.02. The zero-order valence-electron chi connectivity index (χ0n) is 16.1. The fraction of sp³-hybridized carbons (Fsp3) is 0.278. The molecule has 0 aliphatic rings. The third-order valence-corrected chi connectivity index (χ3v) is 5.05. The lowest BCUT2D eigenvalue weighted by Crippen LogP contribution is -2.23. The normalized spacial score (nSPS) is 11.4. The van der Waals surface area contributed by atoms with Crippen LogP contribution in [0.15, 0.2) is 52.4 Å². The second kappa shape index (κ2) is 11.0. The third-order valence-electron chi connectivity index (χ3n) is 3.94. The number of nitrogens with zero attached hydrogens (tertiary/aromatic N) is 2. The molecule has 0 radical (unpaired) electrons. The molecule has 2 aromatic carbocycles. The molecule has 0 aliphatic carbocycles. The number of nitrogens with two attached hydrogens (primary N) is 1. The summed E-state index contributed by atoms with van der Waals surface area (Å²) >= 11 is 0. The van der Waals surface area contributed by atoms with Gasteiger partial charge in [0.05, 0.1) is 16.4 Å². The van der Waals surface area contributed by atoms with Crippen molar-refractivity contribution < 1.29 is 13.3 Å². The third kappa shape index (κ3) is 7.49. The van der Waals surface area contributed by atoms with Crippen LogP contribution in [0.5, 0.6) is 0 Å². The van der Waals surface area contributed by atoms with Gasteiger partial charge in [0.1, 0.15) is 5.69 Å². The number of aryl methyl sites for hydroxylation is 1. The van der Waals surface area contributed by atoms with Crippen LogP contribution in [-0.4, -0.2) is 38.6 Å². The van der Waals surface area contributed by atoms with Crippen molar-refractivity contribution in [2.45, 2.75) is 18.2 Å². The minimum absolute atomic E-state index is 0. The monoisotopic (exact) mass is 533 g/mol. The molecule has 0 aromatic heterocycles. The van der Waals surface area contributed by atoms with Crippen molar-refractivity contribution in [3.05, 3.63) is 58.1 Å². The standard InChI is InChI=1S/C18H23N5O4S.HI/c1-3-13-4-6-14(7-5-13)22-18(19)21-11-10-20-16-9-8-15(28(2,26)27)12-17(16)23(24)25;/h4-9,12,20H,3,10-11H2,1-2H3,(H3,19,21,22);1H. The van der Waals surface area contributed by atoms with Crippen molar-refractivity contribution in [2.75, 3.05) is 30.0 Å². The van der Waals surface area contributed by atoms with Crippen molar-refractivity contribution >= 4 is 56.8 Å². The molecule has 0 saturated carbocycles. The van der Waals surface area contributed by atoms with Gasteiger partial charge in [0.15, 0.2) is 15.8 Å². The molecule has 158 valence electrons. The van der Waals surface area contributed by atoms with Gasteiger partial charge in [-0.25, -0.2) is 8.42 Å².